The Morgan fingerprint density at radius 2 is 2.15 bits per heavy atom. The highest BCUT2D eigenvalue weighted by atomic mass is 19.1. The van der Waals surface area contributed by atoms with Gasteiger partial charge in [0.25, 0.3) is 0 Å². The van der Waals surface area contributed by atoms with Gasteiger partial charge in [-0.3, -0.25) is 9.69 Å². The minimum absolute atomic E-state index is 0.210. The third-order valence-electron chi connectivity index (χ3n) is 3.81. The molecule has 1 heterocycles. The van der Waals surface area contributed by atoms with Crippen molar-refractivity contribution in [1.29, 1.82) is 0 Å². The molecule has 1 aromatic rings. The van der Waals surface area contributed by atoms with Crippen molar-refractivity contribution in [3.8, 4) is 0 Å². The lowest BCUT2D eigenvalue weighted by molar-refractivity contribution is -0.120. The summed E-state index contributed by atoms with van der Waals surface area (Å²) in [6.07, 6.45) is 2.80. The van der Waals surface area contributed by atoms with E-state index in [2.05, 4.69) is 10.2 Å². The van der Waals surface area contributed by atoms with E-state index in [1.807, 2.05) is 7.05 Å². The van der Waals surface area contributed by atoms with E-state index in [0.29, 0.717) is 18.9 Å². The number of Topliss-reactive ketones (excluding diaryl/α,β-unsaturated/α-hetero) is 1. The minimum atomic E-state index is -0.257. The third-order valence-corrected chi connectivity index (χ3v) is 3.81. The highest BCUT2D eigenvalue weighted by Gasteiger charge is 2.20. The average Bonchev–Trinajstić information content (AvgIpc) is 2.42. The predicted octanol–water partition coefficient (Wildman–Crippen LogP) is 1.87. The summed E-state index contributed by atoms with van der Waals surface area (Å²) in [5, 5.41) is 3.21. The van der Waals surface area contributed by atoms with Gasteiger partial charge in [0.05, 0.1) is 6.54 Å². The quantitative estimate of drug-likeness (QED) is 0.862. The standard InChI is InChI=1S/C16H23FN2O/c1-18-10-14-3-2-8-19(11-14)12-16(20)9-13-4-6-15(17)7-5-13/h4-7,14,18H,2-3,8-12H2,1H3. The molecule has 1 unspecified atom stereocenters. The number of nitrogens with zero attached hydrogens (tertiary/aromatic N) is 1. The van der Waals surface area contributed by atoms with Crippen molar-refractivity contribution in [3.63, 3.8) is 0 Å². The maximum atomic E-state index is 12.8. The zero-order chi connectivity index (χ0) is 14.4. The normalized spacial score (nSPS) is 20.0. The van der Waals surface area contributed by atoms with E-state index in [4.69, 9.17) is 0 Å². The molecule has 3 nitrogen and oxygen atoms in total. The SMILES string of the molecule is CNCC1CCCN(CC(=O)Cc2ccc(F)cc2)C1. The third kappa shape index (κ3) is 4.69. The lowest BCUT2D eigenvalue weighted by atomic mass is 9.97. The van der Waals surface area contributed by atoms with Crippen LogP contribution in [0.2, 0.25) is 0 Å². The van der Waals surface area contributed by atoms with Crippen LogP contribution < -0.4 is 5.32 Å². The summed E-state index contributed by atoms with van der Waals surface area (Å²) < 4.78 is 12.8. The Kier molecular flexibility index (Phi) is 5.68. The van der Waals surface area contributed by atoms with Crippen LogP contribution in [-0.2, 0) is 11.2 Å². The summed E-state index contributed by atoms with van der Waals surface area (Å²) in [6.45, 7) is 3.53. The first-order valence-electron chi connectivity index (χ1n) is 7.30. The molecule has 1 aliphatic heterocycles. The number of ketones is 1. The largest absolute Gasteiger partial charge is 0.319 e. The molecule has 0 radical (unpaired) electrons. The van der Waals surface area contributed by atoms with Crippen LogP contribution in [0.25, 0.3) is 0 Å². The second-order valence-electron chi connectivity index (χ2n) is 5.64. The van der Waals surface area contributed by atoms with Crippen LogP contribution in [-0.4, -0.2) is 43.9 Å². The van der Waals surface area contributed by atoms with Gasteiger partial charge in [-0.15, -0.1) is 0 Å². The number of piperidine rings is 1. The molecule has 20 heavy (non-hydrogen) atoms. The maximum Gasteiger partial charge on any atom is 0.151 e. The van der Waals surface area contributed by atoms with Crippen LogP contribution in [0, 0.1) is 11.7 Å². The second kappa shape index (κ2) is 7.50. The van der Waals surface area contributed by atoms with Gasteiger partial charge >= 0.3 is 0 Å². The van der Waals surface area contributed by atoms with Gasteiger partial charge < -0.3 is 5.32 Å². The fraction of sp³-hybridized carbons (Fsp3) is 0.562. The van der Waals surface area contributed by atoms with Crippen molar-refractivity contribution in [2.45, 2.75) is 19.3 Å². The van der Waals surface area contributed by atoms with Gasteiger partial charge in [0.15, 0.2) is 5.78 Å². The minimum Gasteiger partial charge on any atom is -0.319 e. The molecule has 1 aromatic carbocycles. The molecule has 1 aliphatic rings. The van der Waals surface area contributed by atoms with E-state index in [1.54, 1.807) is 12.1 Å². The number of benzene rings is 1. The van der Waals surface area contributed by atoms with E-state index >= 15 is 0 Å². The predicted molar refractivity (Wildman–Crippen MR) is 78.2 cm³/mol. The summed E-state index contributed by atoms with van der Waals surface area (Å²) in [4.78, 5) is 14.3. The Morgan fingerprint density at radius 1 is 1.40 bits per heavy atom. The van der Waals surface area contributed by atoms with Crippen molar-refractivity contribution in [2.75, 3.05) is 33.2 Å². The van der Waals surface area contributed by atoms with Crippen LogP contribution in [0.15, 0.2) is 24.3 Å². The summed E-state index contributed by atoms with van der Waals surface area (Å²) >= 11 is 0. The fourth-order valence-corrected chi connectivity index (χ4v) is 2.89. The maximum absolute atomic E-state index is 12.8. The zero-order valence-electron chi connectivity index (χ0n) is 12.1. The Bertz CT molecular complexity index is 431. The highest BCUT2D eigenvalue weighted by Crippen LogP contribution is 2.15. The summed E-state index contributed by atoms with van der Waals surface area (Å²) in [5.74, 6) is 0.598. The second-order valence-corrected chi connectivity index (χ2v) is 5.64. The van der Waals surface area contributed by atoms with E-state index in [9.17, 15) is 9.18 Å². The Balaban J connectivity index is 1.80. The molecule has 1 saturated heterocycles. The monoisotopic (exact) mass is 278 g/mol. The zero-order valence-corrected chi connectivity index (χ0v) is 12.1. The van der Waals surface area contributed by atoms with Crippen molar-refractivity contribution in [1.82, 2.24) is 10.2 Å². The first-order valence-corrected chi connectivity index (χ1v) is 7.30. The van der Waals surface area contributed by atoms with Crippen molar-refractivity contribution < 1.29 is 9.18 Å². The van der Waals surface area contributed by atoms with Crippen LogP contribution in [0.3, 0.4) is 0 Å². The molecular formula is C16H23FN2O. The highest BCUT2D eigenvalue weighted by molar-refractivity contribution is 5.82. The molecule has 1 N–H and O–H groups in total. The molecule has 0 aliphatic carbocycles. The number of likely N-dealkylation sites (tertiary alicyclic amines) is 1. The number of hydrogen-bond donors (Lipinski definition) is 1. The first-order chi connectivity index (χ1) is 9.67. The number of rotatable bonds is 6. The van der Waals surface area contributed by atoms with Gasteiger partial charge in [0, 0.05) is 13.0 Å². The van der Waals surface area contributed by atoms with Crippen molar-refractivity contribution >= 4 is 5.78 Å². The van der Waals surface area contributed by atoms with E-state index in [-0.39, 0.29) is 11.6 Å². The molecule has 0 bridgehead atoms. The smallest absolute Gasteiger partial charge is 0.151 e. The van der Waals surface area contributed by atoms with Crippen molar-refractivity contribution in [3.05, 3.63) is 35.6 Å². The molecular weight excluding hydrogens is 255 g/mol. The number of carbonyl (C=O) groups is 1. The summed E-state index contributed by atoms with van der Waals surface area (Å²) in [6, 6.07) is 6.19. The number of nitrogens with one attached hydrogen (secondary N) is 1. The van der Waals surface area contributed by atoms with Gasteiger partial charge in [-0.05, 0) is 56.6 Å². The molecule has 0 spiro atoms. The lowest BCUT2D eigenvalue weighted by Gasteiger charge is -2.32. The molecule has 0 amide bonds. The lowest BCUT2D eigenvalue weighted by Crippen LogP contribution is -2.41. The van der Waals surface area contributed by atoms with E-state index < -0.39 is 0 Å². The molecule has 0 saturated carbocycles. The molecule has 2 rings (SSSR count). The topological polar surface area (TPSA) is 32.3 Å². The Hall–Kier alpha value is -1.26. The molecule has 4 heteroatoms. The van der Waals surface area contributed by atoms with Gasteiger partial charge in [-0.2, -0.15) is 0 Å². The Morgan fingerprint density at radius 3 is 2.85 bits per heavy atom. The van der Waals surface area contributed by atoms with Crippen LogP contribution in [0.4, 0.5) is 4.39 Å². The fourth-order valence-electron chi connectivity index (χ4n) is 2.89. The van der Waals surface area contributed by atoms with Crippen LogP contribution in [0.5, 0.6) is 0 Å². The Labute approximate surface area is 120 Å². The number of carbonyl (C=O) groups excluding carboxylic acids is 1. The van der Waals surface area contributed by atoms with Gasteiger partial charge in [-0.25, -0.2) is 4.39 Å². The van der Waals surface area contributed by atoms with Crippen LogP contribution >= 0.6 is 0 Å². The van der Waals surface area contributed by atoms with Gasteiger partial charge in [-0.1, -0.05) is 12.1 Å². The number of halogens is 1. The molecule has 1 atom stereocenters. The average molecular weight is 278 g/mol. The van der Waals surface area contributed by atoms with Gasteiger partial charge in [0.1, 0.15) is 5.82 Å². The van der Waals surface area contributed by atoms with Crippen molar-refractivity contribution in [2.24, 2.45) is 5.92 Å². The van der Waals surface area contributed by atoms with Gasteiger partial charge in [0.2, 0.25) is 0 Å². The van der Waals surface area contributed by atoms with Crippen LogP contribution in [0.1, 0.15) is 18.4 Å². The molecule has 110 valence electrons. The summed E-state index contributed by atoms with van der Waals surface area (Å²) in [7, 11) is 1.97. The summed E-state index contributed by atoms with van der Waals surface area (Å²) in [5.41, 5.74) is 0.889. The molecule has 0 aromatic heterocycles. The molecule has 1 fully saturated rings. The first kappa shape index (κ1) is 15.1. The number of hydrogen-bond acceptors (Lipinski definition) is 3. The van der Waals surface area contributed by atoms with E-state index in [1.165, 1.54) is 18.6 Å². The van der Waals surface area contributed by atoms with E-state index in [0.717, 1.165) is 31.6 Å².